The quantitative estimate of drug-likeness (QED) is 0.393. The third-order valence-corrected chi connectivity index (χ3v) is 8.07. The summed E-state index contributed by atoms with van der Waals surface area (Å²) in [7, 11) is 1.49. The van der Waals surface area contributed by atoms with Crippen LogP contribution in [0.25, 0.3) is 0 Å². The van der Waals surface area contributed by atoms with Crippen LogP contribution in [0.5, 0.6) is 5.75 Å². The molecular weight excluding hydrogens is 578 g/mol. The van der Waals surface area contributed by atoms with Crippen LogP contribution in [-0.2, 0) is 12.8 Å². The zero-order chi connectivity index (χ0) is 23.8. The van der Waals surface area contributed by atoms with Crippen molar-refractivity contribution < 1.29 is 14.3 Å². The highest BCUT2D eigenvalue weighted by molar-refractivity contribution is 9.11. The van der Waals surface area contributed by atoms with Gasteiger partial charge in [0.05, 0.1) is 22.7 Å². The Morgan fingerprint density at radius 3 is 2.56 bits per heavy atom. The van der Waals surface area contributed by atoms with Crippen molar-refractivity contribution in [1.29, 1.82) is 0 Å². The predicted molar refractivity (Wildman–Crippen MR) is 140 cm³/mol. The number of hydrogen-bond acceptors (Lipinski definition) is 5. The Balaban J connectivity index is 1.82. The highest BCUT2D eigenvalue weighted by atomic mass is 79.9. The van der Waals surface area contributed by atoms with Gasteiger partial charge < -0.3 is 15.8 Å². The number of anilines is 1. The molecule has 0 fully saturated rings. The number of nitrogens with two attached hydrogens (primary N) is 1. The molecule has 2 amide bonds. The van der Waals surface area contributed by atoms with Crippen LogP contribution >= 0.6 is 55.4 Å². The number of thiophene rings is 1. The lowest BCUT2D eigenvalue weighted by molar-refractivity contribution is 0.0972. The second-order valence-corrected chi connectivity index (χ2v) is 12.0. The first kappa shape index (κ1) is 25.1. The molecular formula is C22H25Br2N3O3S2. The van der Waals surface area contributed by atoms with Crippen molar-refractivity contribution in [3.05, 3.63) is 42.6 Å². The van der Waals surface area contributed by atoms with E-state index in [1.54, 1.807) is 12.1 Å². The Hall–Kier alpha value is -1.49. The van der Waals surface area contributed by atoms with Crippen LogP contribution in [0.3, 0.4) is 0 Å². The number of carbonyl (C=O) groups is 2. The summed E-state index contributed by atoms with van der Waals surface area (Å²) in [6.07, 6.45) is 2.70. The molecule has 0 spiro atoms. The lowest BCUT2D eigenvalue weighted by Crippen LogP contribution is -2.34. The molecule has 1 heterocycles. The van der Waals surface area contributed by atoms with E-state index in [-0.39, 0.29) is 10.5 Å². The fourth-order valence-electron chi connectivity index (χ4n) is 3.92. The summed E-state index contributed by atoms with van der Waals surface area (Å²) in [5.41, 5.74) is 7.67. The van der Waals surface area contributed by atoms with E-state index in [1.165, 1.54) is 18.4 Å². The summed E-state index contributed by atoms with van der Waals surface area (Å²) in [5, 5.41) is 6.35. The van der Waals surface area contributed by atoms with Crippen LogP contribution in [0, 0.1) is 11.3 Å². The molecule has 1 aromatic heterocycles. The van der Waals surface area contributed by atoms with Crippen molar-refractivity contribution in [2.24, 2.45) is 17.1 Å². The molecule has 0 saturated carbocycles. The van der Waals surface area contributed by atoms with E-state index in [0.717, 1.165) is 29.7 Å². The number of primary amides is 1. The Labute approximate surface area is 213 Å². The van der Waals surface area contributed by atoms with Gasteiger partial charge in [-0.2, -0.15) is 0 Å². The number of methoxy groups -OCH3 is 1. The lowest BCUT2D eigenvalue weighted by Gasteiger charge is -2.33. The fourth-order valence-corrected chi connectivity index (χ4v) is 6.90. The zero-order valence-corrected chi connectivity index (χ0v) is 23.0. The second kappa shape index (κ2) is 9.79. The summed E-state index contributed by atoms with van der Waals surface area (Å²) in [4.78, 5) is 26.2. The minimum atomic E-state index is -0.495. The van der Waals surface area contributed by atoms with Crippen LogP contribution in [0.1, 0.15) is 58.3 Å². The standard InChI is InChI=1S/C22H25Br2N3O3S2/c1-22(2,3)10-5-6-12-15(7-10)32-20(16(12)18(25)28)27-21(31)26-19(29)13-8-11(23)9-14(24)17(13)30-4/h8-10H,5-7H2,1-4H3,(H2,25,28)(H2,26,27,29,31)/t10-/m0/s1. The molecule has 1 aliphatic rings. The van der Waals surface area contributed by atoms with E-state index in [9.17, 15) is 9.59 Å². The van der Waals surface area contributed by atoms with E-state index in [2.05, 4.69) is 63.3 Å². The summed E-state index contributed by atoms with van der Waals surface area (Å²) >= 11 is 13.6. The summed E-state index contributed by atoms with van der Waals surface area (Å²) < 4.78 is 6.69. The SMILES string of the molecule is COc1c(Br)cc(Br)cc1C(=O)NC(=S)Nc1sc2c(c1C(N)=O)CC[C@H](C(C)(C)C)C2. The number of benzene rings is 1. The third kappa shape index (κ3) is 5.35. The van der Waals surface area contributed by atoms with E-state index in [1.807, 2.05) is 0 Å². The molecule has 6 nitrogen and oxygen atoms in total. The molecule has 32 heavy (non-hydrogen) atoms. The molecule has 1 aliphatic carbocycles. The van der Waals surface area contributed by atoms with E-state index >= 15 is 0 Å². The molecule has 10 heteroatoms. The fraction of sp³-hybridized carbons (Fsp3) is 0.409. The maximum atomic E-state index is 12.8. The Morgan fingerprint density at radius 2 is 1.97 bits per heavy atom. The lowest BCUT2D eigenvalue weighted by atomic mass is 9.72. The van der Waals surface area contributed by atoms with Crippen LogP contribution in [-0.4, -0.2) is 24.0 Å². The van der Waals surface area contributed by atoms with Gasteiger partial charge in [-0.05, 0) is 76.4 Å². The monoisotopic (exact) mass is 601 g/mol. The molecule has 3 rings (SSSR count). The Kier molecular flexibility index (Phi) is 7.69. The van der Waals surface area contributed by atoms with Gasteiger partial charge in [0.25, 0.3) is 11.8 Å². The van der Waals surface area contributed by atoms with Crippen LogP contribution in [0.15, 0.2) is 21.1 Å². The molecule has 4 N–H and O–H groups in total. The first-order valence-electron chi connectivity index (χ1n) is 10.0. The van der Waals surface area contributed by atoms with Gasteiger partial charge in [0.1, 0.15) is 10.8 Å². The highest BCUT2D eigenvalue weighted by Crippen LogP contribution is 2.44. The van der Waals surface area contributed by atoms with E-state index in [0.29, 0.717) is 36.7 Å². The number of amides is 2. The maximum absolute atomic E-state index is 12.8. The molecule has 0 aliphatic heterocycles. The topological polar surface area (TPSA) is 93.4 Å². The highest BCUT2D eigenvalue weighted by Gasteiger charge is 2.33. The number of ether oxygens (including phenoxy) is 1. The predicted octanol–water partition coefficient (Wildman–Crippen LogP) is 5.66. The van der Waals surface area contributed by atoms with Crippen molar-refractivity contribution in [3.63, 3.8) is 0 Å². The minimum Gasteiger partial charge on any atom is -0.495 e. The number of nitrogens with one attached hydrogen (secondary N) is 2. The average molecular weight is 603 g/mol. The molecule has 172 valence electrons. The van der Waals surface area contributed by atoms with E-state index < -0.39 is 11.8 Å². The normalized spacial score (nSPS) is 15.6. The maximum Gasteiger partial charge on any atom is 0.261 e. The smallest absolute Gasteiger partial charge is 0.261 e. The van der Waals surface area contributed by atoms with Crippen LogP contribution in [0.4, 0.5) is 5.00 Å². The molecule has 0 saturated heterocycles. The van der Waals surface area contributed by atoms with Gasteiger partial charge in [0.2, 0.25) is 0 Å². The van der Waals surface area contributed by atoms with Crippen molar-refractivity contribution in [1.82, 2.24) is 5.32 Å². The number of rotatable bonds is 4. The molecule has 2 aromatic rings. The number of carbonyl (C=O) groups excluding carboxylic acids is 2. The van der Waals surface area contributed by atoms with Gasteiger partial charge in [-0.25, -0.2) is 0 Å². The second-order valence-electron chi connectivity index (χ2n) is 8.75. The van der Waals surface area contributed by atoms with Gasteiger partial charge in [-0.3, -0.25) is 14.9 Å². The minimum absolute atomic E-state index is 0.0848. The summed E-state index contributed by atoms with van der Waals surface area (Å²) in [5.74, 6) is -0.00975. The van der Waals surface area contributed by atoms with Crippen molar-refractivity contribution in [2.45, 2.75) is 40.0 Å². The van der Waals surface area contributed by atoms with E-state index in [4.69, 9.17) is 22.7 Å². The molecule has 1 atom stereocenters. The summed E-state index contributed by atoms with van der Waals surface area (Å²) in [6, 6.07) is 3.43. The molecule has 0 unspecified atom stereocenters. The molecule has 1 aromatic carbocycles. The Bertz CT molecular complexity index is 1090. The van der Waals surface area contributed by atoms with Crippen molar-refractivity contribution in [3.8, 4) is 5.75 Å². The number of fused-ring (bicyclic) bond motifs is 1. The number of thiocarbonyl (C=S) groups is 1. The van der Waals surface area contributed by atoms with Gasteiger partial charge >= 0.3 is 0 Å². The Morgan fingerprint density at radius 1 is 1.28 bits per heavy atom. The molecule has 0 bridgehead atoms. The largest absolute Gasteiger partial charge is 0.495 e. The van der Waals surface area contributed by atoms with Gasteiger partial charge in [-0.1, -0.05) is 36.7 Å². The first-order chi connectivity index (χ1) is 14.9. The summed E-state index contributed by atoms with van der Waals surface area (Å²) in [6.45, 7) is 6.72. The van der Waals surface area contributed by atoms with Gasteiger partial charge in [-0.15, -0.1) is 11.3 Å². The third-order valence-electron chi connectivity index (χ3n) is 5.65. The average Bonchev–Trinajstić information content (AvgIpc) is 3.03. The van der Waals surface area contributed by atoms with Gasteiger partial charge in [0.15, 0.2) is 5.11 Å². The van der Waals surface area contributed by atoms with Crippen LogP contribution in [0.2, 0.25) is 0 Å². The van der Waals surface area contributed by atoms with Crippen LogP contribution < -0.4 is 21.1 Å². The van der Waals surface area contributed by atoms with Gasteiger partial charge in [0, 0.05) is 9.35 Å². The molecule has 0 radical (unpaired) electrons. The van der Waals surface area contributed by atoms with Crippen molar-refractivity contribution in [2.75, 3.05) is 12.4 Å². The zero-order valence-electron chi connectivity index (χ0n) is 18.2. The van der Waals surface area contributed by atoms with Crippen molar-refractivity contribution >= 4 is 77.3 Å². The number of hydrogen-bond donors (Lipinski definition) is 3. The number of halogens is 2. The first-order valence-corrected chi connectivity index (χ1v) is 12.8.